The van der Waals surface area contributed by atoms with E-state index in [0.29, 0.717) is 49.6 Å². The van der Waals surface area contributed by atoms with Gasteiger partial charge < -0.3 is 24.8 Å². The molecular weight excluding hydrogens is 424 g/mol. The molecule has 0 aliphatic heterocycles. The molecule has 178 valence electrons. The van der Waals surface area contributed by atoms with Gasteiger partial charge in [0.1, 0.15) is 12.4 Å². The van der Waals surface area contributed by atoms with Crippen molar-refractivity contribution in [2.45, 2.75) is 39.7 Å². The van der Waals surface area contributed by atoms with E-state index in [1.54, 1.807) is 50.2 Å². The second-order valence-electron chi connectivity index (χ2n) is 7.10. The van der Waals surface area contributed by atoms with Crippen molar-refractivity contribution in [2.75, 3.05) is 31.7 Å². The van der Waals surface area contributed by atoms with Gasteiger partial charge in [-0.15, -0.1) is 0 Å². The van der Waals surface area contributed by atoms with Crippen molar-refractivity contribution in [2.24, 2.45) is 0 Å². The van der Waals surface area contributed by atoms with Crippen LogP contribution in [0.4, 0.5) is 5.69 Å². The number of esters is 1. The maximum atomic E-state index is 12.5. The second-order valence-corrected chi connectivity index (χ2v) is 7.10. The third-order valence-electron chi connectivity index (χ3n) is 4.69. The largest absolute Gasteiger partial charge is 0.492 e. The molecule has 0 aliphatic rings. The fraction of sp³-hybridized carbons (Fsp3) is 0.400. The topological polar surface area (TPSA) is 103 Å². The summed E-state index contributed by atoms with van der Waals surface area (Å²) in [7, 11) is 0. The summed E-state index contributed by atoms with van der Waals surface area (Å²) < 4.78 is 16.2. The number of benzene rings is 2. The molecule has 0 saturated heterocycles. The first-order valence-corrected chi connectivity index (χ1v) is 11.1. The zero-order valence-electron chi connectivity index (χ0n) is 19.4. The van der Waals surface area contributed by atoms with Gasteiger partial charge in [-0.1, -0.05) is 31.2 Å². The Morgan fingerprint density at radius 2 is 1.67 bits per heavy atom. The van der Waals surface area contributed by atoms with Gasteiger partial charge in [0, 0.05) is 19.4 Å². The Kier molecular flexibility index (Phi) is 10.9. The summed E-state index contributed by atoms with van der Waals surface area (Å²) in [5.74, 6) is -0.169. The summed E-state index contributed by atoms with van der Waals surface area (Å²) >= 11 is 0. The van der Waals surface area contributed by atoms with E-state index in [9.17, 15) is 14.4 Å². The average molecular weight is 457 g/mol. The van der Waals surface area contributed by atoms with Crippen LogP contribution in [-0.4, -0.2) is 50.3 Å². The summed E-state index contributed by atoms with van der Waals surface area (Å²) in [5, 5.41) is 5.52. The molecule has 1 atom stereocenters. The number of nitrogens with one attached hydrogen (secondary N) is 2. The number of amides is 2. The monoisotopic (exact) mass is 456 g/mol. The summed E-state index contributed by atoms with van der Waals surface area (Å²) in [6, 6.07) is 14.2. The minimum absolute atomic E-state index is 0.156. The number of hydrogen-bond acceptors (Lipinski definition) is 6. The second kappa shape index (κ2) is 13.9. The maximum absolute atomic E-state index is 12.5. The highest BCUT2D eigenvalue weighted by molar-refractivity contribution is 6.03. The molecule has 33 heavy (non-hydrogen) atoms. The van der Waals surface area contributed by atoms with Crippen LogP contribution in [0.2, 0.25) is 0 Å². The predicted octanol–water partition coefficient (Wildman–Crippen LogP) is 3.35. The summed E-state index contributed by atoms with van der Waals surface area (Å²) in [6.45, 7) is 6.65. The van der Waals surface area contributed by atoms with Gasteiger partial charge in [0.2, 0.25) is 5.91 Å². The lowest BCUT2D eigenvalue weighted by Crippen LogP contribution is -2.29. The van der Waals surface area contributed by atoms with Gasteiger partial charge in [0.15, 0.2) is 6.10 Å². The molecule has 2 aromatic carbocycles. The van der Waals surface area contributed by atoms with Crippen LogP contribution in [0.15, 0.2) is 48.5 Å². The first-order chi connectivity index (χ1) is 16.0. The van der Waals surface area contributed by atoms with Crippen LogP contribution in [-0.2, 0) is 25.5 Å². The molecule has 0 spiro atoms. The van der Waals surface area contributed by atoms with Crippen molar-refractivity contribution in [3.63, 3.8) is 0 Å². The third kappa shape index (κ3) is 8.57. The van der Waals surface area contributed by atoms with E-state index in [2.05, 4.69) is 10.6 Å². The Labute approximate surface area is 194 Å². The van der Waals surface area contributed by atoms with Crippen LogP contribution in [0.1, 0.15) is 43.1 Å². The van der Waals surface area contributed by atoms with E-state index in [0.717, 1.165) is 5.56 Å². The van der Waals surface area contributed by atoms with E-state index in [1.165, 1.54) is 0 Å². The standard InChI is InChI=1S/C25H32N2O6/c1-4-23(28)27-21-10-8-7-9-20(21)24(29)26-15-16-33-19-13-11-18(12-14-19)17-22(31-5-2)25(30)32-6-3/h7-14,22H,4-6,15-17H2,1-3H3,(H,26,29)(H,27,28). The van der Waals surface area contributed by atoms with Crippen LogP contribution < -0.4 is 15.4 Å². The molecule has 0 heterocycles. The third-order valence-corrected chi connectivity index (χ3v) is 4.69. The molecule has 0 radical (unpaired) electrons. The number of anilines is 1. The number of hydrogen-bond donors (Lipinski definition) is 2. The number of rotatable bonds is 13. The van der Waals surface area contributed by atoms with Gasteiger partial charge in [0.25, 0.3) is 5.91 Å². The Bertz CT molecular complexity index is 913. The normalized spacial score (nSPS) is 11.4. The number of carbonyl (C=O) groups excluding carboxylic acids is 3. The van der Waals surface area contributed by atoms with Crippen molar-refractivity contribution < 1.29 is 28.6 Å². The van der Waals surface area contributed by atoms with E-state index < -0.39 is 6.10 Å². The molecule has 0 fully saturated rings. The predicted molar refractivity (Wildman–Crippen MR) is 125 cm³/mol. The van der Waals surface area contributed by atoms with Crippen molar-refractivity contribution in [1.29, 1.82) is 0 Å². The van der Waals surface area contributed by atoms with Gasteiger partial charge in [-0.2, -0.15) is 0 Å². The maximum Gasteiger partial charge on any atom is 0.335 e. The summed E-state index contributed by atoms with van der Waals surface area (Å²) in [6.07, 6.45) is 0.108. The highest BCUT2D eigenvalue weighted by Crippen LogP contribution is 2.16. The number of ether oxygens (including phenoxy) is 3. The summed E-state index contributed by atoms with van der Waals surface area (Å²) in [4.78, 5) is 36.1. The van der Waals surface area contributed by atoms with Crippen LogP contribution in [0, 0.1) is 0 Å². The van der Waals surface area contributed by atoms with E-state index in [4.69, 9.17) is 14.2 Å². The average Bonchev–Trinajstić information content (AvgIpc) is 2.82. The number of para-hydroxylation sites is 1. The molecular formula is C25H32N2O6. The van der Waals surface area contributed by atoms with Crippen molar-refractivity contribution in [3.05, 3.63) is 59.7 Å². The smallest absolute Gasteiger partial charge is 0.335 e. The first kappa shape index (κ1) is 25.9. The lowest BCUT2D eigenvalue weighted by Gasteiger charge is -2.16. The molecule has 0 aromatic heterocycles. The molecule has 8 heteroatoms. The zero-order chi connectivity index (χ0) is 24.1. The molecule has 0 saturated carbocycles. The Balaban J connectivity index is 1.83. The van der Waals surface area contributed by atoms with Gasteiger partial charge in [-0.3, -0.25) is 9.59 Å². The quantitative estimate of drug-likeness (QED) is 0.354. The summed E-state index contributed by atoms with van der Waals surface area (Å²) in [5.41, 5.74) is 1.80. The lowest BCUT2D eigenvalue weighted by atomic mass is 10.1. The van der Waals surface area contributed by atoms with Crippen molar-refractivity contribution >= 4 is 23.5 Å². The Morgan fingerprint density at radius 1 is 0.939 bits per heavy atom. The fourth-order valence-electron chi connectivity index (χ4n) is 3.04. The molecule has 0 bridgehead atoms. The van der Waals surface area contributed by atoms with Gasteiger partial charge in [-0.05, 0) is 43.7 Å². The molecule has 2 amide bonds. The van der Waals surface area contributed by atoms with Gasteiger partial charge in [-0.25, -0.2) is 4.79 Å². The highest BCUT2D eigenvalue weighted by atomic mass is 16.6. The molecule has 0 aliphatic carbocycles. The Morgan fingerprint density at radius 3 is 2.33 bits per heavy atom. The lowest BCUT2D eigenvalue weighted by molar-refractivity contribution is -0.156. The minimum Gasteiger partial charge on any atom is -0.492 e. The zero-order valence-corrected chi connectivity index (χ0v) is 19.4. The van der Waals surface area contributed by atoms with Gasteiger partial charge >= 0.3 is 5.97 Å². The molecule has 2 rings (SSSR count). The SMILES string of the molecule is CCOC(=O)C(Cc1ccc(OCCNC(=O)c2ccccc2NC(=O)CC)cc1)OCC. The van der Waals surface area contributed by atoms with Crippen molar-refractivity contribution in [1.82, 2.24) is 5.32 Å². The molecule has 2 aromatic rings. The van der Waals surface area contributed by atoms with Crippen LogP contribution >= 0.6 is 0 Å². The molecule has 2 N–H and O–H groups in total. The van der Waals surface area contributed by atoms with Gasteiger partial charge in [0.05, 0.1) is 24.4 Å². The van der Waals surface area contributed by atoms with E-state index >= 15 is 0 Å². The van der Waals surface area contributed by atoms with E-state index in [1.807, 2.05) is 19.1 Å². The molecule has 8 nitrogen and oxygen atoms in total. The molecule has 1 unspecified atom stereocenters. The van der Waals surface area contributed by atoms with Crippen LogP contribution in [0.25, 0.3) is 0 Å². The van der Waals surface area contributed by atoms with Crippen LogP contribution in [0.3, 0.4) is 0 Å². The highest BCUT2D eigenvalue weighted by Gasteiger charge is 2.20. The number of carbonyl (C=O) groups is 3. The Hall–Kier alpha value is -3.39. The first-order valence-electron chi connectivity index (χ1n) is 11.1. The van der Waals surface area contributed by atoms with Crippen molar-refractivity contribution in [3.8, 4) is 5.75 Å². The fourth-order valence-corrected chi connectivity index (χ4v) is 3.04. The minimum atomic E-state index is -0.637. The van der Waals surface area contributed by atoms with E-state index in [-0.39, 0.29) is 24.4 Å². The van der Waals surface area contributed by atoms with Crippen LogP contribution in [0.5, 0.6) is 5.75 Å².